The Hall–Kier alpha value is -2.82. The maximum absolute atomic E-state index is 13.0. The van der Waals surface area contributed by atoms with Crippen molar-refractivity contribution in [2.45, 2.75) is 11.8 Å². The lowest BCUT2D eigenvalue weighted by molar-refractivity contribution is -0.138. The van der Waals surface area contributed by atoms with Crippen molar-refractivity contribution in [2.75, 3.05) is 18.1 Å². The molecule has 2 aliphatic rings. The average Bonchev–Trinajstić information content (AvgIpc) is 3.16. The van der Waals surface area contributed by atoms with E-state index in [0.29, 0.717) is 17.9 Å². The highest BCUT2D eigenvalue weighted by atomic mass is 16.5. The molecule has 23 heavy (non-hydrogen) atoms. The van der Waals surface area contributed by atoms with Gasteiger partial charge < -0.3 is 14.7 Å². The van der Waals surface area contributed by atoms with Crippen molar-refractivity contribution in [3.05, 3.63) is 59.7 Å². The second-order valence-electron chi connectivity index (χ2n) is 5.80. The number of fused-ring (bicyclic) bond motifs is 2. The molecule has 116 valence electrons. The van der Waals surface area contributed by atoms with Gasteiger partial charge in [0.1, 0.15) is 24.2 Å². The van der Waals surface area contributed by atoms with Crippen LogP contribution in [-0.4, -0.2) is 30.1 Å². The number of nitrogens with zero attached hydrogens (tertiary/aromatic N) is 1. The molecule has 4 rings (SSSR count). The fourth-order valence-electron chi connectivity index (χ4n) is 3.38. The number of hydrogen-bond donors (Lipinski definition) is 1. The molecular formula is C18H15NO4. The topological polar surface area (TPSA) is 66.8 Å². The predicted molar refractivity (Wildman–Crippen MR) is 83.8 cm³/mol. The first-order chi connectivity index (χ1) is 11.2. The lowest BCUT2D eigenvalue weighted by atomic mass is 10.00. The molecule has 0 aromatic heterocycles. The van der Waals surface area contributed by atoms with Crippen molar-refractivity contribution < 1.29 is 19.4 Å². The fourth-order valence-corrected chi connectivity index (χ4v) is 3.38. The Labute approximate surface area is 133 Å². The van der Waals surface area contributed by atoms with Gasteiger partial charge in [-0.15, -0.1) is 0 Å². The number of amides is 1. The molecular weight excluding hydrogens is 294 g/mol. The number of aliphatic carboxylic acids is 1. The minimum Gasteiger partial charge on any atom is -0.492 e. The van der Waals surface area contributed by atoms with Crippen molar-refractivity contribution in [1.82, 2.24) is 0 Å². The molecule has 0 saturated heterocycles. The minimum atomic E-state index is -0.907. The third-order valence-corrected chi connectivity index (χ3v) is 4.53. The van der Waals surface area contributed by atoms with E-state index < -0.39 is 11.9 Å². The Balaban J connectivity index is 1.70. The highest BCUT2D eigenvalue weighted by Crippen LogP contribution is 2.41. The normalized spacial score (nSPS) is 21.5. The van der Waals surface area contributed by atoms with Crippen molar-refractivity contribution in [3.63, 3.8) is 0 Å². The molecule has 0 fully saturated rings. The monoisotopic (exact) mass is 309 g/mol. The molecule has 2 aromatic carbocycles. The van der Waals surface area contributed by atoms with E-state index >= 15 is 0 Å². The van der Waals surface area contributed by atoms with Crippen LogP contribution in [0.25, 0.3) is 0 Å². The summed E-state index contributed by atoms with van der Waals surface area (Å²) in [6.45, 7) is 0.473. The first kappa shape index (κ1) is 13.8. The number of carbonyl (C=O) groups excluding carboxylic acids is 1. The van der Waals surface area contributed by atoms with Crippen LogP contribution in [0.1, 0.15) is 23.0 Å². The highest BCUT2D eigenvalue weighted by Gasteiger charge is 2.41. The fraction of sp³-hybridized carbons (Fsp3) is 0.222. The van der Waals surface area contributed by atoms with Gasteiger partial charge in [-0.1, -0.05) is 36.4 Å². The summed E-state index contributed by atoms with van der Waals surface area (Å²) in [5, 5.41) is 9.42. The van der Waals surface area contributed by atoms with Crippen molar-refractivity contribution >= 4 is 17.6 Å². The van der Waals surface area contributed by atoms with Gasteiger partial charge >= 0.3 is 5.97 Å². The van der Waals surface area contributed by atoms with E-state index in [1.165, 1.54) is 0 Å². The quantitative estimate of drug-likeness (QED) is 0.925. The summed E-state index contributed by atoms with van der Waals surface area (Å²) in [7, 11) is 0. The Kier molecular flexibility index (Phi) is 3.08. The predicted octanol–water partition coefficient (Wildman–Crippen LogP) is 2.38. The van der Waals surface area contributed by atoms with Gasteiger partial charge in [0.15, 0.2) is 0 Å². The van der Waals surface area contributed by atoms with Crippen LogP contribution in [0.3, 0.4) is 0 Å². The minimum absolute atomic E-state index is 0.105. The third-order valence-electron chi connectivity index (χ3n) is 4.53. The number of hydrogen-bond acceptors (Lipinski definition) is 3. The van der Waals surface area contributed by atoms with Crippen LogP contribution >= 0.6 is 0 Å². The van der Waals surface area contributed by atoms with Crippen LogP contribution in [0.15, 0.2) is 48.5 Å². The smallest absolute Gasteiger partial charge is 0.312 e. The molecule has 0 spiro atoms. The maximum Gasteiger partial charge on any atom is 0.312 e. The number of carboxylic acid groups (broad SMARTS) is 1. The van der Waals surface area contributed by atoms with Gasteiger partial charge in [0.25, 0.3) is 0 Å². The standard InChI is InChI=1S/C18H15NO4/c20-17(14-10-23-16-8-4-2-6-12(14)16)19-9-13(18(21)22)11-5-1-3-7-15(11)19/h1-8,13-14H,9-10H2,(H,21,22)/t13-,14+/m1/s1. The molecule has 2 aromatic rings. The molecule has 0 aliphatic carbocycles. The second-order valence-corrected chi connectivity index (χ2v) is 5.80. The number of ether oxygens (including phenoxy) is 1. The van der Waals surface area contributed by atoms with Crippen molar-refractivity contribution in [1.29, 1.82) is 0 Å². The molecule has 1 amide bonds. The highest BCUT2D eigenvalue weighted by molar-refractivity contribution is 6.03. The molecule has 2 heterocycles. The summed E-state index contributed by atoms with van der Waals surface area (Å²) in [6.07, 6.45) is 0. The summed E-state index contributed by atoms with van der Waals surface area (Å²) in [4.78, 5) is 26.1. The van der Waals surface area contributed by atoms with E-state index in [-0.39, 0.29) is 18.4 Å². The molecule has 5 heteroatoms. The molecule has 2 atom stereocenters. The SMILES string of the molecule is O=C(O)[C@@H]1CN(C(=O)[C@H]2COc3ccccc32)c2ccccc21. The molecule has 0 bridgehead atoms. The Morgan fingerprint density at radius 3 is 2.48 bits per heavy atom. The van der Waals surface area contributed by atoms with Gasteiger partial charge in [-0.3, -0.25) is 9.59 Å². The summed E-state index contributed by atoms with van der Waals surface area (Å²) in [5.41, 5.74) is 2.25. The summed E-state index contributed by atoms with van der Waals surface area (Å²) >= 11 is 0. The number of rotatable bonds is 2. The number of benzene rings is 2. The third kappa shape index (κ3) is 2.08. The zero-order valence-electron chi connectivity index (χ0n) is 12.3. The lowest BCUT2D eigenvalue weighted by Crippen LogP contribution is -2.35. The zero-order valence-corrected chi connectivity index (χ0v) is 12.3. The number of anilines is 1. The largest absolute Gasteiger partial charge is 0.492 e. The lowest BCUT2D eigenvalue weighted by Gasteiger charge is -2.21. The van der Waals surface area contributed by atoms with Crippen LogP contribution in [0, 0.1) is 0 Å². The molecule has 2 aliphatic heterocycles. The molecule has 0 radical (unpaired) electrons. The second kappa shape index (κ2) is 5.12. The summed E-state index contributed by atoms with van der Waals surface area (Å²) < 4.78 is 5.59. The van der Waals surface area contributed by atoms with Crippen molar-refractivity contribution in [3.8, 4) is 5.75 Å². The van der Waals surface area contributed by atoms with Crippen LogP contribution in [0.5, 0.6) is 5.75 Å². The molecule has 0 saturated carbocycles. The van der Waals surface area contributed by atoms with Crippen LogP contribution < -0.4 is 9.64 Å². The number of carboxylic acids is 1. The zero-order chi connectivity index (χ0) is 16.0. The van der Waals surface area contributed by atoms with E-state index in [1.54, 1.807) is 23.1 Å². The summed E-state index contributed by atoms with van der Waals surface area (Å²) in [5.74, 6) is -1.34. The van der Waals surface area contributed by atoms with Gasteiger partial charge in [-0.25, -0.2) is 0 Å². The Morgan fingerprint density at radius 2 is 1.70 bits per heavy atom. The van der Waals surface area contributed by atoms with Gasteiger partial charge in [0, 0.05) is 17.8 Å². The molecule has 0 unspecified atom stereocenters. The van der Waals surface area contributed by atoms with E-state index in [2.05, 4.69) is 0 Å². The molecule has 5 nitrogen and oxygen atoms in total. The summed E-state index contributed by atoms with van der Waals surface area (Å²) in [6, 6.07) is 14.7. The maximum atomic E-state index is 13.0. The van der Waals surface area contributed by atoms with Crippen molar-refractivity contribution in [2.24, 2.45) is 0 Å². The van der Waals surface area contributed by atoms with Gasteiger partial charge in [0.05, 0.1) is 0 Å². The van der Waals surface area contributed by atoms with Gasteiger partial charge in [-0.2, -0.15) is 0 Å². The number of para-hydroxylation sites is 2. The van der Waals surface area contributed by atoms with E-state index in [0.717, 1.165) is 11.3 Å². The average molecular weight is 309 g/mol. The molecule has 1 N–H and O–H groups in total. The Morgan fingerprint density at radius 1 is 1.00 bits per heavy atom. The van der Waals surface area contributed by atoms with E-state index in [1.807, 2.05) is 30.3 Å². The van der Waals surface area contributed by atoms with Crippen LogP contribution in [-0.2, 0) is 9.59 Å². The first-order valence-electron chi connectivity index (χ1n) is 7.51. The van der Waals surface area contributed by atoms with E-state index in [4.69, 9.17) is 4.74 Å². The van der Waals surface area contributed by atoms with Gasteiger partial charge in [0.2, 0.25) is 5.91 Å². The van der Waals surface area contributed by atoms with Crippen LogP contribution in [0.2, 0.25) is 0 Å². The van der Waals surface area contributed by atoms with E-state index in [9.17, 15) is 14.7 Å². The first-order valence-corrected chi connectivity index (χ1v) is 7.51. The number of carbonyl (C=O) groups is 2. The Bertz CT molecular complexity index is 801. The van der Waals surface area contributed by atoms with Gasteiger partial charge in [-0.05, 0) is 17.7 Å². The van der Waals surface area contributed by atoms with Crippen LogP contribution in [0.4, 0.5) is 5.69 Å².